The fraction of sp³-hybridized carbons (Fsp3) is 0.929. The van der Waals surface area contributed by atoms with Gasteiger partial charge >= 0.3 is 0 Å². The Labute approximate surface area is 145 Å². The van der Waals surface area contributed by atoms with Crippen LogP contribution < -0.4 is 0 Å². The summed E-state index contributed by atoms with van der Waals surface area (Å²) >= 11 is 10.8. The van der Waals surface area contributed by atoms with Gasteiger partial charge in [0.2, 0.25) is 4.38 Å². The number of rotatable bonds is 2. The van der Waals surface area contributed by atoms with E-state index in [0.717, 1.165) is 30.1 Å². The average molecular weight is 367 g/mol. The summed E-state index contributed by atoms with van der Waals surface area (Å²) < 4.78 is 19.3. The minimum Gasteiger partial charge on any atom is -0.474 e. The van der Waals surface area contributed by atoms with Crippen molar-refractivity contribution in [2.75, 3.05) is 36.4 Å². The molecule has 0 aromatic heterocycles. The molecule has 3 heterocycles. The van der Waals surface area contributed by atoms with Gasteiger partial charge < -0.3 is 14.2 Å². The predicted octanol–water partition coefficient (Wildman–Crippen LogP) is 3.27. The summed E-state index contributed by atoms with van der Waals surface area (Å²) in [6.45, 7) is 0. The van der Waals surface area contributed by atoms with Gasteiger partial charge in [0.25, 0.3) is 0 Å². The summed E-state index contributed by atoms with van der Waals surface area (Å²) in [5.74, 6) is 4.63. The number of thioether (sulfide) groups is 3. The lowest BCUT2D eigenvalue weighted by Crippen LogP contribution is -2.63. The molecule has 0 aliphatic carbocycles. The van der Waals surface area contributed by atoms with E-state index in [0.29, 0.717) is 10.3 Å². The van der Waals surface area contributed by atoms with Crippen LogP contribution in [0.2, 0.25) is 0 Å². The molecule has 0 unspecified atom stereocenters. The number of hydrogen-bond acceptors (Lipinski definition) is 7. The zero-order valence-corrected chi connectivity index (χ0v) is 15.7. The van der Waals surface area contributed by atoms with Gasteiger partial charge in [-0.05, 0) is 36.4 Å². The summed E-state index contributed by atoms with van der Waals surface area (Å²) in [6, 6.07) is 0. The Morgan fingerprint density at radius 3 is 2.90 bits per heavy atom. The van der Waals surface area contributed by atoms with E-state index in [2.05, 4.69) is 0 Å². The highest BCUT2D eigenvalue weighted by molar-refractivity contribution is 8.22. The van der Waals surface area contributed by atoms with Crippen LogP contribution in [0.3, 0.4) is 0 Å². The van der Waals surface area contributed by atoms with Gasteiger partial charge in [-0.3, -0.25) is 0 Å². The van der Waals surface area contributed by atoms with Crippen LogP contribution in [0.4, 0.5) is 0 Å². The fourth-order valence-electron chi connectivity index (χ4n) is 3.61. The SMILES string of the molecule is CO[C@@]12CCSC[C@H]1[C@H](OC(=S)SC)[C@@H]1CSCC[C@@H]1O2. The van der Waals surface area contributed by atoms with Crippen molar-refractivity contribution < 1.29 is 14.2 Å². The third-order valence-corrected chi connectivity index (χ3v) is 7.96. The molecule has 21 heavy (non-hydrogen) atoms. The van der Waals surface area contributed by atoms with Crippen LogP contribution in [0, 0.1) is 11.8 Å². The van der Waals surface area contributed by atoms with E-state index >= 15 is 0 Å². The normalized spacial score (nSPS) is 42.8. The van der Waals surface area contributed by atoms with Gasteiger partial charge in [-0.1, -0.05) is 11.8 Å². The van der Waals surface area contributed by atoms with Crippen molar-refractivity contribution in [3.63, 3.8) is 0 Å². The summed E-state index contributed by atoms with van der Waals surface area (Å²) in [5, 5.41) is 0. The van der Waals surface area contributed by atoms with Crippen LogP contribution in [0.15, 0.2) is 0 Å². The Bertz CT molecular complexity index is 394. The van der Waals surface area contributed by atoms with Gasteiger partial charge in [0.15, 0.2) is 5.79 Å². The van der Waals surface area contributed by atoms with E-state index in [9.17, 15) is 0 Å². The van der Waals surface area contributed by atoms with Gasteiger partial charge in [0.05, 0.1) is 12.0 Å². The Morgan fingerprint density at radius 1 is 1.33 bits per heavy atom. The molecule has 7 heteroatoms. The maximum atomic E-state index is 6.50. The first kappa shape index (κ1) is 16.7. The van der Waals surface area contributed by atoms with E-state index in [4.69, 9.17) is 26.4 Å². The lowest BCUT2D eigenvalue weighted by atomic mass is 9.78. The Morgan fingerprint density at radius 2 is 2.14 bits per heavy atom. The zero-order valence-electron chi connectivity index (χ0n) is 12.4. The zero-order chi connectivity index (χ0) is 14.9. The van der Waals surface area contributed by atoms with Crippen LogP contribution in [-0.2, 0) is 14.2 Å². The van der Waals surface area contributed by atoms with Gasteiger partial charge in [-0.25, -0.2) is 0 Å². The van der Waals surface area contributed by atoms with Gasteiger partial charge in [0, 0.05) is 31.0 Å². The van der Waals surface area contributed by atoms with E-state index in [1.807, 2.05) is 29.8 Å². The second-order valence-electron chi connectivity index (χ2n) is 5.67. The predicted molar refractivity (Wildman–Crippen MR) is 96.5 cm³/mol. The standard InChI is InChI=1S/C14H22O3S4/c1-15-14-4-6-21-8-10(14)12(16-13(18)19-2)9-7-20-5-3-11(9)17-14/h9-12H,3-8H2,1-2H3/t9-,10+,11+,12-,14-/m1/s1. The molecule has 3 aliphatic heterocycles. The number of hydrogen-bond donors (Lipinski definition) is 0. The highest BCUT2D eigenvalue weighted by Gasteiger charge is 2.57. The molecule has 3 aliphatic rings. The van der Waals surface area contributed by atoms with Gasteiger partial charge in [-0.15, -0.1) is 0 Å². The number of fused-ring (bicyclic) bond motifs is 2. The second-order valence-corrected chi connectivity index (χ2v) is 9.38. The molecule has 0 aromatic rings. The van der Waals surface area contributed by atoms with E-state index in [-0.39, 0.29) is 18.1 Å². The van der Waals surface area contributed by atoms with E-state index in [1.165, 1.54) is 17.5 Å². The maximum absolute atomic E-state index is 6.50. The summed E-state index contributed by atoms with van der Waals surface area (Å²) in [7, 11) is 1.78. The van der Waals surface area contributed by atoms with Crippen LogP contribution in [0.1, 0.15) is 12.8 Å². The Balaban J connectivity index is 1.88. The minimum atomic E-state index is -0.465. The number of ether oxygens (including phenoxy) is 3. The summed E-state index contributed by atoms with van der Waals surface area (Å²) in [6.07, 6.45) is 4.39. The quantitative estimate of drug-likeness (QED) is 0.693. The summed E-state index contributed by atoms with van der Waals surface area (Å²) in [4.78, 5) is 0. The molecule has 3 rings (SSSR count). The topological polar surface area (TPSA) is 27.7 Å². The molecule has 0 amide bonds. The Kier molecular flexibility index (Phi) is 5.71. The molecule has 0 saturated carbocycles. The molecule has 3 fully saturated rings. The molecular formula is C14H22O3S4. The van der Waals surface area contributed by atoms with Gasteiger partial charge in [0.1, 0.15) is 6.10 Å². The average Bonchev–Trinajstić information content (AvgIpc) is 2.54. The smallest absolute Gasteiger partial charge is 0.219 e. The Hall–Kier alpha value is 0.860. The first-order valence-corrected chi connectivity index (χ1v) is 11.3. The molecule has 0 aromatic carbocycles. The lowest BCUT2D eigenvalue weighted by molar-refractivity contribution is -0.326. The van der Waals surface area contributed by atoms with Crippen LogP contribution in [0.25, 0.3) is 0 Å². The number of thiocarbonyl (C=S) groups is 1. The van der Waals surface area contributed by atoms with Crippen molar-refractivity contribution in [2.45, 2.75) is 30.8 Å². The van der Waals surface area contributed by atoms with Crippen molar-refractivity contribution in [1.82, 2.24) is 0 Å². The first-order valence-electron chi connectivity index (χ1n) is 7.33. The third kappa shape index (κ3) is 3.24. The summed E-state index contributed by atoms with van der Waals surface area (Å²) in [5.41, 5.74) is 0. The molecule has 5 atom stereocenters. The molecule has 120 valence electrons. The molecular weight excluding hydrogens is 344 g/mol. The van der Waals surface area contributed by atoms with E-state index in [1.54, 1.807) is 7.11 Å². The van der Waals surface area contributed by atoms with Crippen molar-refractivity contribution >= 4 is 51.9 Å². The minimum absolute atomic E-state index is 0.129. The van der Waals surface area contributed by atoms with Crippen LogP contribution >= 0.6 is 47.5 Å². The van der Waals surface area contributed by atoms with Crippen molar-refractivity contribution in [3.8, 4) is 0 Å². The van der Waals surface area contributed by atoms with Crippen molar-refractivity contribution in [2.24, 2.45) is 11.8 Å². The van der Waals surface area contributed by atoms with E-state index < -0.39 is 5.79 Å². The van der Waals surface area contributed by atoms with Crippen LogP contribution in [0.5, 0.6) is 0 Å². The molecule has 0 radical (unpaired) electrons. The number of methoxy groups -OCH3 is 1. The fourth-order valence-corrected chi connectivity index (χ4v) is 6.46. The van der Waals surface area contributed by atoms with Crippen LogP contribution in [-0.4, -0.2) is 58.8 Å². The van der Waals surface area contributed by atoms with Crippen molar-refractivity contribution in [1.29, 1.82) is 0 Å². The lowest BCUT2D eigenvalue weighted by Gasteiger charge is -2.55. The highest BCUT2D eigenvalue weighted by atomic mass is 32.2. The maximum Gasteiger partial charge on any atom is 0.219 e. The highest BCUT2D eigenvalue weighted by Crippen LogP contribution is 2.49. The van der Waals surface area contributed by atoms with Gasteiger partial charge in [-0.2, -0.15) is 23.5 Å². The molecule has 0 bridgehead atoms. The van der Waals surface area contributed by atoms with Crippen molar-refractivity contribution in [3.05, 3.63) is 0 Å². The third-order valence-electron chi connectivity index (χ3n) is 4.71. The second kappa shape index (κ2) is 7.18. The molecule has 0 N–H and O–H groups in total. The molecule has 3 nitrogen and oxygen atoms in total. The monoisotopic (exact) mass is 366 g/mol. The molecule has 0 spiro atoms. The molecule has 3 saturated heterocycles. The largest absolute Gasteiger partial charge is 0.474 e. The first-order chi connectivity index (χ1) is 10.2.